The van der Waals surface area contributed by atoms with Crippen molar-refractivity contribution in [2.24, 2.45) is 5.73 Å². The van der Waals surface area contributed by atoms with Gasteiger partial charge in [0.05, 0.1) is 12.1 Å². The Labute approximate surface area is 91.5 Å². The molecule has 1 unspecified atom stereocenters. The summed E-state index contributed by atoms with van der Waals surface area (Å²) < 4.78 is 5.72. The van der Waals surface area contributed by atoms with Crippen molar-refractivity contribution in [1.29, 1.82) is 0 Å². The highest BCUT2D eigenvalue weighted by molar-refractivity contribution is 5.79. The summed E-state index contributed by atoms with van der Waals surface area (Å²) in [5, 5.41) is 2.88. The summed E-state index contributed by atoms with van der Waals surface area (Å²) in [6.45, 7) is 0.624. The number of likely N-dealkylation sites (N-methyl/N-ethyl adjacent to an activating group) is 1. The Bertz CT molecular complexity index is 191. The molecule has 1 saturated carbocycles. The van der Waals surface area contributed by atoms with Gasteiger partial charge in [-0.3, -0.25) is 4.79 Å². The predicted octanol–water partition coefficient (Wildman–Crippen LogP) is 0.799. The highest BCUT2D eigenvalue weighted by Gasteiger charge is 2.16. The maximum Gasteiger partial charge on any atom is 0.234 e. The van der Waals surface area contributed by atoms with Gasteiger partial charge in [-0.15, -0.1) is 0 Å². The highest BCUT2D eigenvalue weighted by Crippen LogP contribution is 2.20. The number of ether oxygens (including phenoxy) is 1. The van der Waals surface area contributed by atoms with E-state index in [0.29, 0.717) is 19.1 Å². The van der Waals surface area contributed by atoms with Gasteiger partial charge in [0.2, 0.25) is 5.91 Å². The van der Waals surface area contributed by atoms with E-state index in [-0.39, 0.29) is 11.9 Å². The van der Waals surface area contributed by atoms with Crippen LogP contribution in [0.4, 0.5) is 0 Å². The number of amides is 1. The molecule has 88 valence electrons. The first kappa shape index (κ1) is 12.5. The van der Waals surface area contributed by atoms with E-state index in [1.165, 1.54) is 32.1 Å². The van der Waals surface area contributed by atoms with E-state index in [2.05, 4.69) is 5.32 Å². The van der Waals surface area contributed by atoms with Crippen LogP contribution in [0.1, 0.15) is 38.5 Å². The lowest BCUT2D eigenvalue weighted by atomic mass is 9.98. The molecule has 0 bridgehead atoms. The summed E-state index contributed by atoms with van der Waals surface area (Å²) >= 11 is 0. The monoisotopic (exact) mass is 214 g/mol. The number of nitrogens with one attached hydrogen (secondary N) is 1. The zero-order valence-electron chi connectivity index (χ0n) is 9.50. The third kappa shape index (κ3) is 4.62. The fourth-order valence-corrected chi connectivity index (χ4v) is 2.01. The van der Waals surface area contributed by atoms with Crippen molar-refractivity contribution >= 4 is 5.91 Å². The Hall–Kier alpha value is -0.610. The largest absolute Gasteiger partial charge is 0.378 e. The van der Waals surface area contributed by atoms with Gasteiger partial charge < -0.3 is 15.8 Å². The van der Waals surface area contributed by atoms with Gasteiger partial charge in [0.25, 0.3) is 0 Å². The van der Waals surface area contributed by atoms with Gasteiger partial charge in [-0.05, 0) is 26.3 Å². The molecule has 0 heterocycles. The SMILES string of the molecule is CNC(CCOC1CCCCC1)C(N)=O. The molecule has 0 aromatic rings. The smallest absolute Gasteiger partial charge is 0.234 e. The van der Waals surface area contributed by atoms with Crippen LogP contribution in [-0.4, -0.2) is 31.7 Å². The van der Waals surface area contributed by atoms with Crippen LogP contribution < -0.4 is 11.1 Å². The van der Waals surface area contributed by atoms with Crippen molar-refractivity contribution in [1.82, 2.24) is 5.32 Å². The number of rotatable bonds is 6. The Kier molecular flexibility index (Phi) is 5.65. The number of carbonyl (C=O) groups is 1. The molecule has 1 aliphatic carbocycles. The molecular formula is C11H22N2O2. The minimum atomic E-state index is -0.301. The topological polar surface area (TPSA) is 64.3 Å². The Morgan fingerprint density at radius 3 is 2.67 bits per heavy atom. The van der Waals surface area contributed by atoms with Crippen LogP contribution in [0.5, 0.6) is 0 Å². The lowest BCUT2D eigenvalue weighted by Crippen LogP contribution is -2.40. The average Bonchev–Trinajstić information content (AvgIpc) is 2.25. The zero-order chi connectivity index (χ0) is 11.1. The first-order chi connectivity index (χ1) is 7.24. The van der Waals surface area contributed by atoms with Crippen molar-refractivity contribution < 1.29 is 9.53 Å². The van der Waals surface area contributed by atoms with Gasteiger partial charge in [-0.1, -0.05) is 19.3 Å². The van der Waals surface area contributed by atoms with Crippen molar-refractivity contribution in [3.8, 4) is 0 Å². The summed E-state index contributed by atoms with van der Waals surface area (Å²) in [5.74, 6) is -0.301. The Morgan fingerprint density at radius 2 is 2.13 bits per heavy atom. The van der Waals surface area contributed by atoms with Gasteiger partial charge in [0.1, 0.15) is 0 Å². The van der Waals surface area contributed by atoms with Crippen LogP contribution in [0.3, 0.4) is 0 Å². The zero-order valence-corrected chi connectivity index (χ0v) is 9.50. The van der Waals surface area contributed by atoms with E-state index < -0.39 is 0 Å². The van der Waals surface area contributed by atoms with Crippen LogP contribution in [-0.2, 0) is 9.53 Å². The number of hydrogen-bond donors (Lipinski definition) is 2. The van der Waals surface area contributed by atoms with Gasteiger partial charge in [0.15, 0.2) is 0 Å². The second-order valence-electron chi connectivity index (χ2n) is 4.16. The summed E-state index contributed by atoms with van der Waals surface area (Å²) in [4.78, 5) is 10.9. The number of hydrogen-bond acceptors (Lipinski definition) is 3. The second-order valence-corrected chi connectivity index (χ2v) is 4.16. The van der Waals surface area contributed by atoms with E-state index in [4.69, 9.17) is 10.5 Å². The molecule has 1 aliphatic rings. The minimum absolute atomic E-state index is 0.256. The summed E-state index contributed by atoms with van der Waals surface area (Å²) in [6.07, 6.45) is 7.29. The third-order valence-corrected chi connectivity index (χ3v) is 3.00. The first-order valence-corrected chi connectivity index (χ1v) is 5.82. The second kappa shape index (κ2) is 6.80. The molecule has 1 atom stereocenters. The number of nitrogens with two attached hydrogens (primary N) is 1. The van der Waals surface area contributed by atoms with Crippen molar-refractivity contribution in [2.75, 3.05) is 13.7 Å². The fraction of sp³-hybridized carbons (Fsp3) is 0.909. The molecule has 0 saturated heterocycles. The van der Waals surface area contributed by atoms with Gasteiger partial charge in [-0.25, -0.2) is 0 Å². The molecule has 0 aliphatic heterocycles. The molecular weight excluding hydrogens is 192 g/mol. The summed E-state index contributed by atoms with van der Waals surface area (Å²) in [6, 6.07) is -0.256. The van der Waals surface area contributed by atoms with Crippen molar-refractivity contribution in [3.63, 3.8) is 0 Å². The maximum atomic E-state index is 10.9. The quantitative estimate of drug-likeness (QED) is 0.687. The van der Waals surface area contributed by atoms with Gasteiger partial charge in [-0.2, -0.15) is 0 Å². The normalized spacial score (nSPS) is 20.1. The van der Waals surface area contributed by atoms with Gasteiger partial charge >= 0.3 is 0 Å². The predicted molar refractivity (Wildman–Crippen MR) is 59.5 cm³/mol. The molecule has 0 radical (unpaired) electrons. The van der Waals surface area contributed by atoms with E-state index in [1.54, 1.807) is 7.05 Å². The van der Waals surface area contributed by atoms with E-state index in [9.17, 15) is 4.79 Å². The molecule has 0 aromatic carbocycles. The molecule has 1 amide bonds. The first-order valence-electron chi connectivity index (χ1n) is 5.82. The van der Waals surface area contributed by atoms with Crippen LogP contribution in [0.2, 0.25) is 0 Å². The summed E-state index contributed by atoms with van der Waals surface area (Å²) in [5.41, 5.74) is 5.21. The molecule has 3 N–H and O–H groups in total. The Morgan fingerprint density at radius 1 is 1.47 bits per heavy atom. The molecule has 4 heteroatoms. The van der Waals surface area contributed by atoms with Gasteiger partial charge in [0, 0.05) is 6.61 Å². The molecule has 15 heavy (non-hydrogen) atoms. The van der Waals surface area contributed by atoms with E-state index >= 15 is 0 Å². The highest BCUT2D eigenvalue weighted by atomic mass is 16.5. The van der Waals surface area contributed by atoms with E-state index in [0.717, 1.165) is 0 Å². The molecule has 0 aromatic heterocycles. The van der Waals surface area contributed by atoms with Crippen LogP contribution >= 0.6 is 0 Å². The molecule has 0 spiro atoms. The molecule has 4 nitrogen and oxygen atoms in total. The fourth-order valence-electron chi connectivity index (χ4n) is 2.01. The minimum Gasteiger partial charge on any atom is -0.378 e. The summed E-state index contributed by atoms with van der Waals surface area (Å²) in [7, 11) is 1.75. The lowest BCUT2D eigenvalue weighted by Gasteiger charge is -2.22. The number of carbonyl (C=O) groups excluding carboxylic acids is 1. The number of primary amides is 1. The van der Waals surface area contributed by atoms with Crippen LogP contribution in [0.25, 0.3) is 0 Å². The third-order valence-electron chi connectivity index (χ3n) is 3.00. The maximum absolute atomic E-state index is 10.9. The van der Waals surface area contributed by atoms with Crippen LogP contribution in [0, 0.1) is 0 Å². The van der Waals surface area contributed by atoms with Crippen molar-refractivity contribution in [3.05, 3.63) is 0 Å². The Balaban J connectivity index is 2.11. The molecule has 1 rings (SSSR count). The average molecular weight is 214 g/mol. The standard InChI is InChI=1S/C11H22N2O2/c1-13-10(11(12)14)7-8-15-9-5-3-2-4-6-9/h9-10,13H,2-8H2,1H3,(H2,12,14). The lowest BCUT2D eigenvalue weighted by molar-refractivity contribution is -0.120. The molecule has 1 fully saturated rings. The van der Waals surface area contributed by atoms with E-state index in [1.807, 2.05) is 0 Å². The van der Waals surface area contributed by atoms with Crippen molar-refractivity contribution in [2.45, 2.75) is 50.7 Å². The van der Waals surface area contributed by atoms with Crippen LogP contribution in [0.15, 0.2) is 0 Å².